The molecule has 0 bridgehead atoms. The topological polar surface area (TPSA) is 66.5 Å². The summed E-state index contributed by atoms with van der Waals surface area (Å²) >= 11 is 1.62. The van der Waals surface area contributed by atoms with Crippen LogP contribution in [0.25, 0.3) is 0 Å². The van der Waals surface area contributed by atoms with Crippen LogP contribution in [-0.4, -0.2) is 37.5 Å². The highest BCUT2D eigenvalue weighted by Gasteiger charge is 2.32. The molecular weight excluding hydrogens is 416 g/mol. The lowest BCUT2D eigenvalue weighted by atomic mass is 9.97. The molecule has 1 aliphatic rings. The number of benzene rings is 2. The van der Waals surface area contributed by atoms with E-state index >= 15 is 0 Å². The number of piperidine rings is 1. The van der Waals surface area contributed by atoms with Gasteiger partial charge in [0.05, 0.1) is 10.6 Å². The summed E-state index contributed by atoms with van der Waals surface area (Å²) in [6.07, 6.45) is 2.85. The van der Waals surface area contributed by atoms with E-state index in [-0.39, 0.29) is 11.8 Å². The van der Waals surface area contributed by atoms with Gasteiger partial charge in [-0.3, -0.25) is 4.79 Å². The molecule has 1 N–H and O–H groups in total. The molecule has 0 saturated carbocycles. The number of anilines is 1. The van der Waals surface area contributed by atoms with Crippen molar-refractivity contribution in [2.45, 2.75) is 36.5 Å². The lowest BCUT2D eigenvalue weighted by Gasteiger charge is -2.30. The second-order valence-corrected chi connectivity index (χ2v) is 10.5. The average Bonchev–Trinajstić information content (AvgIpc) is 2.75. The molecule has 1 aliphatic heterocycles. The summed E-state index contributed by atoms with van der Waals surface area (Å²) in [5.41, 5.74) is 2.81. The molecule has 1 heterocycles. The van der Waals surface area contributed by atoms with Crippen molar-refractivity contribution in [3.05, 3.63) is 66.2 Å². The van der Waals surface area contributed by atoms with Gasteiger partial charge in [-0.25, -0.2) is 8.42 Å². The van der Waals surface area contributed by atoms with Crippen LogP contribution in [0.3, 0.4) is 0 Å². The predicted octanol–water partition coefficient (Wildman–Crippen LogP) is 4.62. The number of carbonyl (C=O) groups is 1. The Labute approximate surface area is 183 Å². The first-order valence-electron chi connectivity index (χ1n) is 10.0. The number of hydrogen-bond donors (Lipinski definition) is 1. The van der Waals surface area contributed by atoms with Crippen LogP contribution in [0.4, 0.5) is 5.69 Å². The third-order valence-corrected chi connectivity index (χ3v) is 8.41. The molecule has 0 aliphatic carbocycles. The monoisotopic (exact) mass is 444 g/mol. The van der Waals surface area contributed by atoms with Gasteiger partial charge < -0.3 is 5.32 Å². The smallest absolute Gasteiger partial charge is 0.243 e. The standard InChI is InChI=1S/C23H28N2O3S2/c1-4-15-29-22-8-6-5-7-21(22)24-23(26)19-11-13-25(14-12-19)30(27,28)20-10-9-17(2)18(3)16-20/h4-10,16,19H,1,11-15H2,2-3H3,(H,24,26). The van der Waals surface area contributed by atoms with Crippen LogP contribution in [0, 0.1) is 19.8 Å². The number of rotatable bonds is 7. The first-order chi connectivity index (χ1) is 14.3. The maximum atomic E-state index is 13.0. The number of sulfonamides is 1. The van der Waals surface area contributed by atoms with E-state index in [0.29, 0.717) is 30.8 Å². The molecule has 160 valence electrons. The Hall–Kier alpha value is -2.09. The zero-order chi connectivity index (χ0) is 21.7. The van der Waals surface area contributed by atoms with Gasteiger partial charge in [0, 0.05) is 29.7 Å². The van der Waals surface area contributed by atoms with Crippen LogP contribution in [0.5, 0.6) is 0 Å². The summed E-state index contributed by atoms with van der Waals surface area (Å²) < 4.78 is 27.5. The van der Waals surface area contributed by atoms with Crippen molar-refractivity contribution < 1.29 is 13.2 Å². The highest BCUT2D eigenvalue weighted by atomic mass is 32.2. The molecule has 0 atom stereocenters. The molecular formula is C23H28N2O3S2. The van der Waals surface area contributed by atoms with E-state index in [4.69, 9.17) is 0 Å². The average molecular weight is 445 g/mol. The van der Waals surface area contributed by atoms with E-state index in [2.05, 4.69) is 11.9 Å². The molecule has 1 fully saturated rings. The Morgan fingerprint density at radius 2 is 1.87 bits per heavy atom. The summed E-state index contributed by atoms with van der Waals surface area (Å²) in [4.78, 5) is 14.1. The van der Waals surface area contributed by atoms with Crippen molar-refractivity contribution >= 4 is 33.4 Å². The molecule has 1 saturated heterocycles. The summed E-state index contributed by atoms with van der Waals surface area (Å²) in [5, 5.41) is 3.03. The van der Waals surface area contributed by atoms with Gasteiger partial charge >= 0.3 is 0 Å². The Bertz CT molecular complexity index is 1030. The van der Waals surface area contributed by atoms with Crippen LogP contribution in [0.15, 0.2) is 64.9 Å². The molecule has 0 unspecified atom stereocenters. The Kier molecular flexibility index (Phi) is 7.39. The van der Waals surface area contributed by atoms with Gasteiger partial charge in [0.25, 0.3) is 0 Å². The fourth-order valence-corrected chi connectivity index (χ4v) is 5.76. The lowest BCUT2D eigenvalue weighted by Crippen LogP contribution is -2.41. The number of hydrogen-bond acceptors (Lipinski definition) is 4. The molecule has 0 radical (unpaired) electrons. The van der Waals surface area contributed by atoms with Crippen molar-refractivity contribution in [1.29, 1.82) is 0 Å². The summed E-state index contributed by atoms with van der Waals surface area (Å²) in [5.74, 6) is 0.514. The highest BCUT2D eigenvalue weighted by molar-refractivity contribution is 7.99. The molecule has 30 heavy (non-hydrogen) atoms. The quantitative estimate of drug-likeness (QED) is 0.500. The minimum absolute atomic E-state index is 0.0510. The molecule has 2 aromatic rings. The summed E-state index contributed by atoms with van der Waals surface area (Å²) in [7, 11) is -3.54. The summed E-state index contributed by atoms with van der Waals surface area (Å²) in [6, 6.07) is 12.9. The van der Waals surface area contributed by atoms with E-state index in [1.54, 1.807) is 23.9 Å². The molecule has 5 nitrogen and oxygen atoms in total. The van der Waals surface area contributed by atoms with Crippen LogP contribution < -0.4 is 5.32 Å². The van der Waals surface area contributed by atoms with E-state index in [0.717, 1.165) is 27.5 Å². The second kappa shape index (κ2) is 9.81. The normalized spacial score (nSPS) is 15.7. The largest absolute Gasteiger partial charge is 0.325 e. The summed E-state index contributed by atoms with van der Waals surface area (Å²) in [6.45, 7) is 8.31. The van der Waals surface area contributed by atoms with Crippen LogP contribution in [0.2, 0.25) is 0 Å². The van der Waals surface area contributed by atoms with Crippen molar-refractivity contribution in [1.82, 2.24) is 4.31 Å². The van der Waals surface area contributed by atoms with Crippen molar-refractivity contribution in [2.24, 2.45) is 5.92 Å². The number of nitrogens with one attached hydrogen (secondary N) is 1. The zero-order valence-electron chi connectivity index (χ0n) is 17.4. The fraction of sp³-hybridized carbons (Fsp3) is 0.348. The number of aryl methyl sites for hydroxylation is 2. The van der Waals surface area contributed by atoms with Crippen molar-refractivity contribution in [3.63, 3.8) is 0 Å². The molecule has 3 rings (SSSR count). The molecule has 0 aromatic heterocycles. The minimum atomic E-state index is -3.54. The van der Waals surface area contributed by atoms with Gasteiger partial charge in [-0.2, -0.15) is 4.31 Å². The first kappa shape index (κ1) is 22.6. The van der Waals surface area contributed by atoms with E-state index in [1.807, 2.05) is 50.3 Å². The number of thioether (sulfide) groups is 1. The third-order valence-electron chi connectivity index (χ3n) is 5.44. The molecule has 1 amide bonds. The van der Waals surface area contributed by atoms with Crippen molar-refractivity contribution in [2.75, 3.05) is 24.2 Å². The van der Waals surface area contributed by atoms with Crippen LogP contribution in [-0.2, 0) is 14.8 Å². The Morgan fingerprint density at radius 3 is 2.53 bits per heavy atom. The van der Waals surface area contributed by atoms with Gasteiger partial charge in [0.1, 0.15) is 0 Å². The van der Waals surface area contributed by atoms with Gasteiger partial charge in [-0.05, 0) is 62.1 Å². The fourth-order valence-electron chi connectivity index (χ4n) is 3.46. The maximum Gasteiger partial charge on any atom is 0.243 e. The lowest BCUT2D eigenvalue weighted by molar-refractivity contribution is -0.120. The number of amides is 1. The van der Waals surface area contributed by atoms with E-state index in [1.165, 1.54) is 4.31 Å². The Morgan fingerprint density at radius 1 is 1.17 bits per heavy atom. The maximum absolute atomic E-state index is 13.0. The highest BCUT2D eigenvalue weighted by Crippen LogP contribution is 2.29. The first-order valence-corrected chi connectivity index (χ1v) is 12.5. The van der Waals surface area contributed by atoms with Gasteiger partial charge in [-0.15, -0.1) is 18.3 Å². The van der Waals surface area contributed by atoms with Crippen LogP contribution >= 0.6 is 11.8 Å². The number of para-hydroxylation sites is 1. The van der Waals surface area contributed by atoms with Gasteiger partial charge in [-0.1, -0.05) is 24.3 Å². The third kappa shape index (κ3) is 5.14. The second-order valence-electron chi connectivity index (χ2n) is 7.51. The van der Waals surface area contributed by atoms with Gasteiger partial charge in [0.2, 0.25) is 15.9 Å². The molecule has 7 heteroatoms. The number of carbonyl (C=O) groups excluding carboxylic acids is 1. The number of nitrogens with zero attached hydrogens (tertiary/aromatic N) is 1. The van der Waals surface area contributed by atoms with Crippen LogP contribution in [0.1, 0.15) is 24.0 Å². The zero-order valence-corrected chi connectivity index (χ0v) is 19.1. The van der Waals surface area contributed by atoms with E-state index < -0.39 is 10.0 Å². The SMILES string of the molecule is C=CCSc1ccccc1NC(=O)C1CCN(S(=O)(=O)c2ccc(C)c(C)c2)CC1. The molecule has 2 aromatic carbocycles. The van der Waals surface area contributed by atoms with E-state index in [9.17, 15) is 13.2 Å². The Balaban J connectivity index is 1.63. The molecule has 0 spiro atoms. The van der Waals surface area contributed by atoms with Gasteiger partial charge in [0.15, 0.2) is 0 Å². The minimum Gasteiger partial charge on any atom is -0.325 e. The van der Waals surface area contributed by atoms with Crippen molar-refractivity contribution in [3.8, 4) is 0 Å². The predicted molar refractivity (Wildman–Crippen MR) is 123 cm³/mol.